The molecule has 0 radical (unpaired) electrons. The Morgan fingerprint density at radius 3 is 1.94 bits per heavy atom. The second-order valence-electron chi connectivity index (χ2n) is 7.13. The number of hydrogen-bond donors (Lipinski definition) is 2. The van der Waals surface area contributed by atoms with Crippen molar-refractivity contribution in [2.45, 2.75) is 64.2 Å². The van der Waals surface area contributed by atoms with Crippen LogP contribution in [0.25, 0.3) is 0 Å². The summed E-state index contributed by atoms with van der Waals surface area (Å²) in [4.78, 5) is 62.7. The molecular weight excluding hydrogens is 555 g/mol. The highest BCUT2D eigenvalue weighted by atomic mass is 127. The first kappa shape index (κ1) is 26.2. The Hall–Kier alpha value is -2.09. The number of hydrogen-bond acceptors (Lipinski definition) is 10. The van der Waals surface area contributed by atoms with Gasteiger partial charge in [0.05, 0.1) is 0 Å². The topological polar surface area (TPSA) is 143 Å². The van der Waals surface area contributed by atoms with Crippen LogP contribution in [-0.2, 0) is 24.0 Å². The molecule has 0 atom stereocenters. The smallest absolute Gasteiger partial charge is 0.333 e. The summed E-state index contributed by atoms with van der Waals surface area (Å²) in [5.74, 6) is -0.822. The van der Waals surface area contributed by atoms with Crippen LogP contribution < -0.4 is 10.6 Å². The first-order valence-electron chi connectivity index (χ1n) is 10.5. The molecule has 1 aromatic heterocycles. The summed E-state index contributed by atoms with van der Waals surface area (Å²) < 4.78 is 0.172. The van der Waals surface area contributed by atoms with Crippen LogP contribution >= 0.6 is 34.2 Å². The predicted octanol–water partition coefficient (Wildman–Crippen LogP) is 3.04. The van der Waals surface area contributed by atoms with E-state index in [0.29, 0.717) is 42.9 Å². The average Bonchev–Trinajstić information content (AvgIpc) is 3.04. The summed E-state index contributed by atoms with van der Waals surface area (Å²) in [7, 11) is 0. The number of hydroxylamine groups is 2. The zero-order valence-electron chi connectivity index (χ0n) is 17.6. The Kier molecular flexibility index (Phi) is 11.6. The van der Waals surface area contributed by atoms with Gasteiger partial charge in [0.25, 0.3) is 11.8 Å². The molecule has 1 aliphatic heterocycles. The highest BCUT2D eigenvalue weighted by molar-refractivity contribution is 14.1. The van der Waals surface area contributed by atoms with Gasteiger partial charge in [-0.3, -0.25) is 14.4 Å². The summed E-state index contributed by atoms with van der Waals surface area (Å²) in [5, 5.41) is 6.80. The summed E-state index contributed by atoms with van der Waals surface area (Å²) >= 11 is 7.75. The van der Waals surface area contributed by atoms with Crippen molar-refractivity contribution in [3.05, 3.63) is 5.28 Å². The Morgan fingerprint density at radius 1 is 0.875 bits per heavy atom. The molecule has 0 spiro atoms. The molecule has 32 heavy (non-hydrogen) atoms. The molecule has 0 bridgehead atoms. The van der Waals surface area contributed by atoms with Crippen LogP contribution in [0.5, 0.6) is 0 Å². The fourth-order valence-electron chi connectivity index (χ4n) is 2.85. The van der Waals surface area contributed by atoms with E-state index in [1.165, 1.54) is 0 Å². The lowest BCUT2D eigenvalue weighted by Gasteiger charge is -2.12. The van der Waals surface area contributed by atoms with Crippen molar-refractivity contribution < 1.29 is 24.0 Å². The number of imide groups is 1. The van der Waals surface area contributed by atoms with Crippen molar-refractivity contribution in [1.29, 1.82) is 0 Å². The maximum absolute atomic E-state index is 11.7. The monoisotopic (exact) mass is 580 g/mol. The van der Waals surface area contributed by atoms with Crippen LogP contribution in [0.15, 0.2) is 0 Å². The van der Waals surface area contributed by atoms with Gasteiger partial charge in [-0.15, -0.1) is 5.06 Å². The Labute approximate surface area is 204 Å². The molecule has 0 aromatic carbocycles. The maximum Gasteiger partial charge on any atom is 0.333 e. The molecule has 2 N–H and O–H groups in total. The molecule has 0 aliphatic carbocycles. The van der Waals surface area contributed by atoms with Crippen molar-refractivity contribution in [2.75, 3.05) is 23.7 Å². The standard InChI is InChI=1S/C19H26ClIN6O5/c20-17-24-18(22-11-5-1-3-7-13(21)28)26-19(25-17)23-12-6-2-4-8-16(31)32-27-14(29)9-10-15(27)30/h1-12H2,(H2,22,23,24,25,26). The molecule has 0 saturated carbocycles. The van der Waals surface area contributed by atoms with Gasteiger partial charge in [-0.05, 0) is 59.9 Å². The highest BCUT2D eigenvalue weighted by Gasteiger charge is 2.32. The molecule has 0 unspecified atom stereocenters. The number of amides is 2. The van der Waals surface area contributed by atoms with Gasteiger partial charge in [0.1, 0.15) is 0 Å². The molecule has 176 valence electrons. The minimum Gasteiger partial charge on any atom is -0.354 e. The van der Waals surface area contributed by atoms with Gasteiger partial charge in [0, 0.05) is 38.8 Å². The molecule has 1 fully saturated rings. The Bertz CT molecular complexity index is 811. The zero-order valence-corrected chi connectivity index (χ0v) is 20.5. The van der Waals surface area contributed by atoms with E-state index in [9.17, 15) is 19.2 Å². The number of nitrogens with one attached hydrogen (secondary N) is 2. The van der Waals surface area contributed by atoms with Crippen molar-refractivity contribution in [1.82, 2.24) is 20.0 Å². The van der Waals surface area contributed by atoms with E-state index in [0.717, 1.165) is 32.1 Å². The molecule has 1 aliphatic rings. The van der Waals surface area contributed by atoms with Gasteiger partial charge in [0.15, 0.2) is 3.79 Å². The van der Waals surface area contributed by atoms with Crippen molar-refractivity contribution in [3.63, 3.8) is 0 Å². The maximum atomic E-state index is 11.7. The van der Waals surface area contributed by atoms with Crippen LogP contribution in [-0.4, -0.2) is 54.7 Å². The minimum atomic E-state index is -0.595. The number of carbonyl (C=O) groups excluding carboxylic acids is 4. The number of nitrogens with zero attached hydrogens (tertiary/aromatic N) is 4. The SMILES string of the molecule is O=C(I)CCCCCNc1nc(Cl)nc(NCCCCCC(=O)ON2C(=O)CCC2=O)n1. The molecule has 11 nitrogen and oxygen atoms in total. The normalized spacial score (nSPS) is 13.4. The summed E-state index contributed by atoms with van der Waals surface area (Å²) in [5.41, 5.74) is 0. The molecule has 1 saturated heterocycles. The number of rotatable bonds is 15. The first-order chi connectivity index (χ1) is 15.3. The van der Waals surface area contributed by atoms with Crippen LogP contribution in [0.3, 0.4) is 0 Å². The molecule has 2 amide bonds. The lowest BCUT2D eigenvalue weighted by molar-refractivity contribution is -0.197. The van der Waals surface area contributed by atoms with E-state index in [1.54, 1.807) is 22.6 Å². The average molecular weight is 581 g/mol. The highest BCUT2D eigenvalue weighted by Crippen LogP contribution is 2.14. The van der Waals surface area contributed by atoms with Crippen molar-refractivity contribution in [2.24, 2.45) is 0 Å². The molecule has 2 rings (SSSR count). The van der Waals surface area contributed by atoms with E-state index in [2.05, 4.69) is 25.6 Å². The van der Waals surface area contributed by atoms with Crippen molar-refractivity contribution in [3.8, 4) is 0 Å². The first-order valence-corrected chi connectivity index (χ1v) is 11.9. The Morgan fingerprint density at radius 2 is 1.41 bits per heavy atom. The summed E-state index contributed by atoms with van der Waals surface area (Å²) in [6.45, 7) is 1.24. The quantitative estimate of drug-likeness (QED) is 0.137. The van der Waals surface area contributed by atoms with Crippen LogP contribution in [0.4, 0.5) is 11.9 Å². The molecule has 1 aromatic rings. The molecule has 13 heteroatoms. The number of aromatic nitrogens is 3. The second kappa shape index (κ2) is 14.1. The molecule has 2 heterocycles. The second-order valence-corrected chi connectivity index (χ2v) is 8.67. The van der Waals surface area contributed by atoms with E-state index in [1.807, 2.05) is 0 Å². The fourth-order valence-corrected chi connectivity index (χ4v) is 3.39. The summed E-state index contributed by atoms with van der Waals surface area (Å²) in [6.07, 6.45) is 5.59. The molecular formula is C19H26ClIN6O5. The third-order valence-corrected chi connectivity index (χ3v) is 5.19. The van der Waals surface area contributed by atoms with Gasteiger partial charge in [0.2, 0.25) is 17.2 Å². The van der Waals surface area contributed by atoms with E-state index in [-0.39, 0.29) is 28.3 Å². The van der Waals surface area contributed by atoms with Gasteiger partial charge in [-0.1, -0.05) is 12.8 Å². The Balaban J connectivity index is 1.59. The van der Waals surface area contributed by atoms with Crippen LogP contribution in [0.1, 0.15) is 64.2 Å². The lowest BCUT2D eigenvalue weighted by Crippen LogP contribution is -2.31. The van der Waals surface area contributed by atoms with Gasteiger partial charge in [-0.2, -0.15) is 15.0 Å². The van der Waals surface area contributed by atoms with E-state index in [4.69, 9.17) is 16.4 Å². The third kappa shape index (κ3) is 10.0. The largest absolute Gasteiger partial charge is 0.354 e. The lowest BCUT2D eigenvalue weighted by atomic mass is 10.2. The van der Waals surface area contributed by atoms with Crippen molar-refractivity contribution >= 4 is 67.7 Å². The van der Waals surface area contributed by atoms with Gasteiger partial charge < -0.3 is 15.5 Å². The number of unbranched alkanes of at least 4 members (excludes halogenated alkanes) is 4. The number of anilines is 2. The number of halogens is 2. The van der Waals surface area contributed by atoms with Gasteiger partial charge >= 0.3 is 5.97 Å². The van der Waals surface area contributed by atoms with E-state index < -0.39 is 17.8 Å². The minimum absolute atomic E-state index is 0.0780. The number of carbonyl (C=O) groups is 4. The van der Waals surface area contributed by atoms with Crippen LogP contribution in [0.2, 0.25) is 5.28 Å². The fraction of sp³-hybridized carbons (Fsp3) is 0.632. The van der Waals surface area contributed by atoms with Crippen LogP contribution in [0, 0.1) is 0 Å². The third-order valence-electron chi connectivity index (χ3n) is 4.48. The van der Waals surface area contributed by atoms with E-state index >= 15 is 0 Å². The van der Waals surface area contributed by atoms with Gasteiger partial charge in [-0.25, -0.2) is 4.79 Å². The zero-order chi connectivity index (χ0) is 23.3. The summed E-state index contributed by atoms with van der Waals surface area (Å²) in [6, 6.07) is 0. The predicted molar refractivity (Wildman–Crippen MR) is 125 cm³/mol.